The monoisotopic (exact) mass is 261 g/mol. The molecule has 0 aliphatic heterocycles. The Hall–Kier alpha value is -0.420. The zero-order valence-electron chi connectivity index (χ0n) is 11.0. The van der Waals surface area contributed by atoms with Gasteiger partial charge in [0.05, 0.1) is 11.3 Å². The molecule has 0 aromatic carbocycles. The van der Waals surface area contributed by atoms with E-state index in [0.717, 1.165) is 25.7 Å². The van der Waals surface area contributed by atoms with Gasteiger partial charge in [0.2, 0.25) is 0 Å². The first kappa shape index (κ1) is 14.6. The lowest BCUT2D eigenvalue weighted by Crippen LogP contribution is -2.52. The Morgan fingerprint density at radius 2 is 1.71 bits per heavy atom. The molecule has 1 aliphatic rings. The lowest BCUT2D eigenvalue weighted by Gasteiger charge is -2.41. The quantitative estimate of drug-likeness (QED) is 0.747. The number of likely N-dealkylation sites (N-methyl/N-ethyl adjacent to an activating group) is 1. The summed E-state index contributed by atoms with van der Waals surface area (Å²) in [5, 5.41) is 0. The Morgan fingerprint density at radius 3 is 2.12 bits per heavy atom. The van der Waals surface area contributed by atoms with Gasteiger partial charge in [-0.05, 0) is 26.9 Å². The zero-order valence-corrected chi connectivity index (χ0v) is 11.8. The van der Waals surface area contributed by atoms with Crippen LogP contribution in [0.25, 0.3) is 0 Å². The molecule has 0 heterocycles. The summed E-state index contributed by atoms with van der Waals surface area (Å²) in [6.07, 6.45) is 6.35. The van der Waals surface area contributed by atoms with E-state index in [9.17, 15) is 13.2 Å². The fourth-order valence-electron chi connectivity index (χ4n) is 2.62. The molecular formula is C12H23NO3S. The highest BCUT2D eigenvalue weighted by Gasteiger charge is 2.40. The highest BCUT2D eigenvalue weighted by atomic mass is 32.2. The van der Waals surface area contributed by atoms with Crippen LogP contribution in [0.1, 0.15) is 38.5 Å². The molecule has 0 atom stereocenters. The van der Waals surface area contributed by atoms with Gasteiger partial charge in [0, 0.05) is 12.7 Å². The second-order valence-electron chi connectivity index (χ2n) is 5.29. The van der Waals surface area contributed by atoms with Crippen LogP contribution in [0.15, 0.2) is 0 Å². The molecule has 1 rings (SSSR count). The first-order valence-electron chi connectivity index (χ1n) is 6.16. The Bertz CT molecular complexity index is 367. The number of Topliss-reactive ketones (excluding diaryl/α,β-unsaturated/α-hetero) is 1. The van der Waals surface area contributed by atoms with Crippen molar-refractivity contribution < 1.29 is 13.2 Å². The van der Waals surface area contributed by atoms with E-state index in [2.05, 4.69) is 0 Å². The van der Waals surface area contributed by atoms with Crippen molar-refractivity contribution >= 4 is 15.6 Å². The van der Waals surface area contributed by atoms with Crippen LogP contribution in [0, 0.1) is 0 Å². The van der Waals surface area contributed by atoms with E-state index in [1.54, 1.807) is 0 Å². The molecule has 1 saturated carbocycles. The molecule has 0 unspecified atom stereocenters. The molecule has 5 heteroatoms. The molecule has 0 aromatic rings. The van der Waals surface area contributed by atoms with Gasteiger partial charge >= 0.3 is 0 Å². The van der Waals surface area contributed by atoms with Gasteiger partial charge in [-0.2, -0.15) is 0 Å². The van der Waals surface area contributed by atoms with E-state index in [-0.39, 0.29) is 18.0 Å². The van der Waals surface area contributed by atoms with Crippen molar-refractivity contribution in [1.29, 1.82) is 0 Å². The van der Waals surface area contributed by atoms with Crippen LogP contribution in [0.4, 0.5) is 0 Å². The molecule has 100 valence electrons. The summed E-state index contributed by atoms with van der Waals surface area (Å²) in [7, 11) is 0.791. The molecule has 0 N–H and O–H groups in total. The van der Waals surface area contributed by atoms with Crippen molar-refractivity contribution in [1.82, 2.24) is 4.90 Å². The smallest absolute Gasteiger partial charge is 0.154 e. The van der Waals surface area contributed by atoms with Crippen LogP contribution in [0.3, 0.4) is 0 Å². The Morgan fingerprint density at radius 1 is 1.18 bits per heavy atom. The number of nitrogens with zero attached hydrogens (tertiary/aromatic N) is 1. The van der Waals surface area contributed by atoms with Crippen molar-refractivity contribution in [2.24, 2.45) is 0 Å². The van der Waals surface area contributed by atoms with Crippen LogP contribution >= 0.6 is 0 Å². The molecule has 0 bridgehead atoms. The number of carbonyl (C=O) groups is 1. The van der Waals surface area contributed by atoms with Crippen LogP contribution in [-0.4, -0.2) is 50.7 Å². The van der Waals surface area contributed by atoms with Crippen LogP contribution in [0.2, 0.25) is 0 Å². The molecule has 1 aliphatic carbocycles. The first-order valence-corrected chi connectivity index (χ1v) is 8.22. The van der Waals surface area contributed by atoms with E-state index >= 15 is 0 Å². The van der Waals surface area contributed by atoms with E-state index in [0.29, 0.717) is 0 Å². The van der Waals surface area contributed by atoms with Crippen molar-refractivity contribution in [2.75, 3.05) is 26.1 Å². The summed E-state index contributed by atoms with van der Waals surface area (Å²) in [5.74, 6) is 0.0640. The van der Waals surface area contributed by atoms with Crippen molar-refractivity contribution in [3.8, 4) is 0 Å². The number of ketones is 1. The van der Waals surface area contributed by atoms with E-state index in [4.69, 9.17) is 0 Å². The number of hydrogen-bond donors (Lipinski definition) is 0. The maximum Gasteiger partial charge on any atom is 0.154 e. The second kappa shape index (κ2) is 5.48. The summed E-state index contributed by atoms with van der Waals surface area (Å²) in [5.41, 5.74) is -0.414. The molecular weight excluding hydrogens is 238 g/mol. The summed E-state index contributed by atoms with van der Waals surface area (Å²) in [6.45, 7) is 0. The lowest BCUT2D eigenvalue weighted by atomic mass is 9.77. The maximum atomic E-state index is 12.3. The SMILES string of the molecule is CN(C)C1(C(=O)CCS(C)(=O)=O)CCCCC1. The topological polar surface area (TPSA) is 54.5 Å². The fraction of sp³-hybridized carbons (Fsp3) is 0.917. The predicted molar refractivity (Wildman–Crippen MR) is 68.8 cm³/mol. The number of hydrogen-bond acceptors (Lipinski definition) is 4. The van der Waals surface area contributed by atoms with Crippen LogP contribution in [-0.2, 0) is 14.6 Å². The molecule has 0 radical (unpaired) electrons. The summed E-state index contributed by atoms with van der Waals surface area (Å²) < 4.78 is 22.3. The average Bonchev–Trinajstić information content (AvgIpc) is 2.25. The minimum Gasteiger partial charge on any atom is -0.298 e. The van der Waals surface area contributed by atoms with Gasteiger partial charge in [-0.15, -0.1) is 0 Å². The van der Waals surface area contributed by atoms with E-state index in [1.807, 2.05) is 19.0 Å². The Kier molecular flexibility index (Phi) is 4.72. The van der Waals surface area contributed by atoms with Crippen molar-refractivity contribution in [2.45, 2.75) is 44.1 Å². The molecule has 17 heavy (non-hydrogen) atoms. The zero-order chi connectivity index (χ0) is 13.1. The molecule has 4 nitrogen and oxygen atoms in total. The number of sulfone groups is 1. The molecule has 0 amide bonds. The number of carbonyl (C=O) groups excluding carboxylic acids is 1. The number of rotatable bonds is 5. The molecule has 0 saturated heterocycles. The van der Waals surface area contributed by atoms with Crippen molar-refractivity contribution in [3.63, 3.8) is 0 Å². The van der Waals surface area contributed by atoms with Gasteiger partial charge in [-0.1, -0.05) is 19.3 Å². The standard InChI is InChI=1S/C12H23NO3S/c1-13(2)12(8-5-4-6-9-12)11(14)7-10-17(3,15)16/h4-10H2,1-3H3. The maximum absolute atomic E-state index is 12.3. The minimum atomic E-state index is -3.05. The Labute approximate surface area is 104 Å². The van der Waals surface area contributed by atoms with Gasteiger partial charge in [0.1, 0.15) is 9.84 Å². The fourth-order valence-corrected chi connectivity index (χ4v) is 3.18. The summed E-state index contributed by atoms with van der Waals surface area (Å²) in [6, 6.07) is 0. The van der Waals surface area contributed by atoms with Gasteiger partial charge in [0.15, 0.2) is 5.78 Å². The largest absolute Gasteiger partial charge is 0.298 e. The summed E-state index contributed by atoms with van der Waals surface area (Å²) in [4.78, 5) is 14.3. The van der Waals surface area contributed by atoms with Crippen LogP contribution in [0.5, 0.6) is 0 Å². The normalized spacial score (nSPS) is 20.5. The highest BCUT2D eigenvalue weighted by molar-refractivity contribution is 7.90. The third-order valence-corrected chi connectivity index (χ3v) is 4.70. The molecule has 0 aromatic heterocycles. The van der Waals surface area contributed by atoms with Crippen LogP contribution < -0.4 is 0 Å². The Balaban J connectivity index is 2.74. The first-order chi connectivity index (χ1) is 7.78. The third kappa shape index (κ3) is 3.78. The molecule has 0 spiro atoms. The second-order valence-corrected chi connectivity index (χ2v) is 7.55. The van der Waals surface area contributed by atoms with Gasteiger partial charge < -0.3 is 0 Å². The van der Waals surface area contributed by atoms with Crippen molar-refractivity contribution in [3.05, 3.63) is 0 Å². The summed E-state index contributed by atoms with van der Waals surface area (Å²) >= 11 is 0. The minimum absolute atomic E-state index is 0.0264. The highest BCUT2D eigenvalue weighted by Crippen LogP contribution is 2.33. The van der Waals surface area contributed by atoms with Gasteiger partial charge in [-0.3, -0.25) is 9.69 Å². The average molecular weight is 261 g/mol. The van der Waals surface area contributed by atoms with Gasteiger partial charge in [0.25, 0.3) is 0 Å². The third-order valence-electron chi connectivity index (χ3n) is 3.76. The van der Waals surface area contributed by atoms with Gasteiger partial charge in [-0.25, -0.2) is 8.42 Å². The molecule has 1 fully saturated rings. The predicted octanol–water partition coefficient (Wildman–Crippen LogP) is 1.25. The lowest BCUT2D eigenvalue weighted by molar-refractivity contribution is -0.131. The van der Waals surface area contributed by atoms with E-state index < -0.39 is 15.4 Å². The van der Waals surface area contributed by atoms with E-state index in [1.165, 1.54) is 12.7 Å².